The Morgan fingerprint density at radius 2 is 1.90 bits per heavy atom. The monoisotopic (exact) mass is 421 g/mol. The van der Waals surface area contributed by atoms with Gasteiger partial charge >= 0.3 is 5.97 Å². The van der Waals surface area contributed by atoms with Crippen molar-refractivity contribution in [2.75, 3.05) is 55.7 Å². The van der Waals surface area contributed by atoms with Crippen molar-refractivity contribution in [3.63, 3.8) is 0 Å². The molecule has 8 nitrogen and oxygen atoms in total. The van der Waals surface area contributed by atoms with Crippen molar-refractivity contribution >= 4 is 17.5 Å². The van der Waals surface area contributed by atoms with Crippen LogP contribution in [0.15, 0.2) is 40.3 Å². The van der Waals surface area contributed by atoms with Gasteiger partial charge in [0.05, 0.1) is 42.8 Å². The number of anilines is 2. The van der Waals surface area contributed by atoms with Gasteiger partial charge in [0, 0.05) is 37.4 Å². The Kier molecular flexibility index (Phi) is 5.31. The molecular formula is C23H27N5O3. The molecule has 4 heterocycles. The molecule has 8 heteroatoms. The first-order valence-corrected chi connectivity index (χ1v) is 10.9. The SMILES string of the molecule is CC1CN(c2ccc(-c3cc4c(c(N5CC[C@@H](C(=O)O)C5)n3)=NCCN=4)cc2)CCO1. The van der Waals surface area contributed by atoms with Crippen molar-refractivity contribution in [1.82, 2.24) is 4.98 Å². The van der Waals surface area contributed by atoms with Crippen LogP contribution in [0.3, 0.4) is 0 Å². The van der Waals surface area contributed by atoms with E-state index >= 15 is 0 Å². The summed E-state index contributed by atoms with van der Waals surface area (Å²) in [6.07, 6.45) is 0.860. The highest BCUT2D eigenvalue weighted by Crippen LogP contribution is 2.25. The summed E-state index contributed by atoms with van der Waals surface area (Å²) in [5.74, 6) is -0.357. The highest BCUT2D eigenvalue weighted by molar-refractivity contribution is 5.72. The van der Waals surface area contributed by atoms with E-state index < -0.39 is 5.97 Å². The number of carbonyl (C=O) groups is 1. The van der Waals surface area contributed by atoms with E-state index in [0.29, 0.717) is 32.6 Å². The zero-order valence-corrected chi connectivity index (χ0v) is 17.7. The summed E-state index contributed by atoms with van der Waals surface area (Å²) in [5, 5.41) is 11.0. The van der Waals surface area contributed by atoms with Gasteiger partial charge in [0.2, 0.25) is 0 Å². The smallest absolute Gasteiger partial charge is 0.308 e. The maximum atomic E-state index is 11.4. The zero-order valence-electron chi connectivity index (χ0n) is 17.7. The second kappa shape index (κ2) is 8.26. The number of benzene rings is 1. The number of carboxylic acid groups (broad SMARTS) is 1. The molecule has 0 aliphatic carbocycles. The Bertz CT molecular complexity index is 1100. The highest BCUT2D eigenvalue weighted by Gasteiger charge is 2.30. The molecule has 0 radical (unpaired) electrons. The van der Waals surface area contributed by atoms with Crippen LogP contribution in [0, 0.1) is 5.92 Å². The fraction of sp³-hybridized carbons (Fsp3) is 0.478. The van der Waals surface area contributed by atoms with Crippen LogP contribution in [0.5, 0.6) is 0 Å². The summed E-state index contributed by atoms with van der Waals surface area (Å²) in [6, 6.07) is 10.5. The standard InChI is InChI=1S/C23H27N5O3/c1-15-13-27(10-11-31-15)18-4-2-16(3-5-18)19-12-20-21(25-8-7-24-20)22(26-19)28-9-6-17(14-28)23(29)30/h2-5,12,15,17H,6-11,13-14H2,1H3,(H,29,30)/t15?,17-/m1/s1. The van der Waals surface area contributed by atoms with Crippen LogP contribution in [0.2, 0.25) is 0 Å². The topological polar surface area (TPSA) is 90.6 Å². The minimum absolute atomic E-state index is 0.235. The third kappa shape index (κ3) is 3.99. The van der Waals surface area contributed by atoms with Crippen molar-refractivity contribution in [2.24, 2.45) is 15.9 Å². The van der Waals surface area contributed by atoms with Crippen molar-refractivity contribution in [3.05, 3.63) is 41.0 Å². The van der Waals surface area contributed by atoms with Gasteiger partial charge in [-0.3, -0.25) is 14.8 Å². The Morgan fingerprint density at radius 3 is 2.65 bits per heavy atom. The molecule has 1 aromatic heterocycles. The number of hydrogen-bond acceptors (Lipinski definition) is 7. The number of pyridine rings is 1. The van der Waals surface area contributed by atoms with Crippen LogP contribution < -0.4 is 20.5 Å². The third-order valence-corrected chi connectivity index (χ3v) is 6.21. The van der Waals surface area contributed by atoms with Crippen molar-refractivity contribution in [3.8, 4) is 11.3 Å². The van der Waals surface area contributed by atoms with E-state index in [4.69, 9.17) is 9.72 Å². The van der Waals surface area contributed by atoms with E-state index in [1.165, 1.54) is 5.69 Å². The number of aliphatic carboxylic acids is 1. The maximum Gasteiger partial charge on any atom is 0.308 e. The number of carboxylic acids is 1. The first kappa shape index (κ1) is 19.9. The first-order valence-electron chi connectivity index (χ1n) is 10.9. The molecule has 2 fully saturated rings. The van der Waals surface area contributed by atoms with Gasteiger partial charge in [-0.1, -0.05) is 12.1 Å². The number of rotatable bonds is 4. The molecule has 1 N–H and O–H groups in total. The van der Waals surface area contributed by atoms with Crippen LogP contribution >= 0.6 is 0 Å². The van der Waals surface area contributed by atoms with Crippen LogP contribution in [-0.2, 0) is 9.53 Å². The molecule has 2 atom stereocenters. The molecule has 0 amide bonds. The average Bonchev–Trinajstić information content (AvgIpc) is 3.29. The lowest BCUT2D eigenvalue weighted by Gasteiger charge is -2.33. The predicted molar refractivity (Wildman–Crippen MR) is 117 cm³/mol. The van der Waals surface area contributed by atoms with Gasteiger partial charge in [-0.25, -0.2) is 4.98 Å². The number of fused-ring (bicyclic) bond motifs is 1. The summed E-state index contributed by atoms with van der Waals surface area (Å²) in [5.41, 5.74) is 3.04. The Balaban J connectivity index is 1.48. The Morgan fingerprint density at radius 1 is 1.10 bits per heavy atom. The minimum atomic E-state index is -0.748. The predicted octanol–water partition coefficient (Wildman–Crippen LogP) is 1.14. The summed E-state index contributed by atoms with van der Waals surface area (Å²) in [4.78, 5) is 30.1. The van der Waals surface area contributed by atoms with Crippen molar-refractivity contribution in [1.29, 1.82) is 0 Å². The highest BCUT2D eigenvalue weighted by atomic mass is 16.5. The van der Waals surface area contributed by atoms with Gasteiger partial charge in [-0.15, -0.1) is 0 Å². The quantitative estimate of drug-likeness (QED) is 0.796. The van der Waals surface area contributed by atoms with Gasteiger partial charge in [0.15, 0.2) is 5.82 Å². The van der Waals surface area contributed by atoms with Gasteiger partial charge in [0.1, 0.15) is 5.36 Å². The molecule has 5 rings (SSSR count). The number of nitrogens with zero attached hydrogens (tertiary/aromatic N) is 5. The lowest BCUT2D eigenvalue weighted by atomic mass is 10.1. The van der Waals surface area contributed by atoms with E-state index in [-0.39, 0.29) is 12.0 Å². The summed E-state index contributed by atoms with van der Waals surface area (Å²) in [7, 11) is 0. The molecule has 2 saturated heterocycles. The fourth-order valence-corrected chi connectivity index (χ4v) is 4.53. The molecular weight excluding hydrogens is 394 g/mol. The van der Waals surface area contributed by atoms with Gasteiger partial charge < -0.3 is 19.6 Å². The van der Waals surface area contributed by atoms with Crippen LogP contribution in [0.25, 0.3) is 11.3 Å². The molecule has 3 aliphatic rings. The maximum absolute atomic E-state index is 11.4. The second-order valence-electron chi connectivity index (χ2n) is 8.41. The zero-order chi connectivity index (χ0) is 21.4. The molecule has 31 heavy (non-hydrogen) atoms. The number of hydrogen-bond donors (Lipinski definition) is 1. The molecule has 0 bridgehead atoms. The number of morpholine rings is 1. The van der Waals surface area contributed by atoms with E-state index in [1.807, 2.05) is 6.07 Å². The van der Waals surface area contributed by atoms with Crippen molar-refractivity contribution in [2.45, 2.75) is 19.4 Å². The van der Waals surface area contributed by atoms with Gasteiger partial charge in [0.25, 0.3) is 0 Å². The van der Waals surface area contributed by atoms with Gasteiger partial charge in [-0.05, 0) is 31.5 Å². The molecule has 0 saturated carbocycles. The Hall–Kier alpha value is -3.00. The number of aromatic nitrogens is 1. The minimum Gasteiger partial charge on any atom is -0.481 e. The molecule has 1 aromatic carbocycles. The number of ether oxygens (including phenoxy) is 1. The molecule has 1 unspecified atom stereocenters. The largest absolute Gasteiger partial charge is 0.481 e. The Labute approximate surface area is 180 Å². The summed E-state index contributed by atoms with van der Waals surface area (Å²) in [6.45, 7) is 7.07. The van der Waals surface area contributed by atoms with Gasteiger partial charge in [-0.2, -0.15) is 0 Å². The third-order valence-electron chi connectivity index (χ3n) is 6.21. The van der Waals surface area contributed by atoms with Crippen LogP contribution in [0.4, 0.5) is 11.5 Å². The normalized spacial score (nSPS) is 23.1. The van der Waals surface area contributed by atoms with E-state index in [0.717, 1.165) is 47.5 Å². The first-order chi connectivity index (χ1) is 15.1. The average molecular weight is 422 g/mol. The summed E-state index contributed by atoms with van der Waals surface area (Å²) >= 11 is 0. The molecule has 2 aromatic rings. The molecule has 0 spiro atoms. The lowest BCUT2D eigenvalue weighted by Crippen LogP contribution is -2.41. The van der Waals surface area contributed by atoms with Crippen molar-refractivity contribution < 1.29 is 14.6 Å². The summed E-state index contributed by atoms with van der Waals surface area (Å²) < 4.78 is 5.65. The molecule has 3 aliphatic heterocycles. The van der Waals surface area contributed by atoms with E-state index in [9.17, 15) is 9.90 Å². The molecule has 162 valence electrons. The van der Waals surface area contributed by atoms with E-state index in [1.54, 1.807) is 0 Å². The lowest BCUT2D eigenvalue weighted by molar-refractivity contribution is -0.140. The van der Waals surface area contributed by atoms with Crippen LogP contribution in [0.1, 0.15) is 13.3 Å². The second-order valence-corrected chi connectivity index (χ2v) is 8.41. The fourth-order valence-electron chi connectivity index (χ4n) is 4.53. The van der Waals surface area contributed by atoms with E-state index in [2.05, 4.69) is 51.0 Å². The van der Waals surface area contributed by atoms with Crippen LogP contribution in [-0.4, -0.2) is 68.0 Å².